The van der Waals surface area contributed by atoms with Crippen molar-refractivity contribution in [2.24, 2.45) is 0 Å². The summed E-state index contributed by atoms with van der Waals surface area (Å²) in [7, 11) is 0. The second kappa shape index (κ2) is 5.17. The Morgan fingerprint density at radius 3 is 2.42 bits per heavy atom. The van der Waals surface area contributed by atoms with E-state index in [0.29, 0.717) is 21.1 Å². The van der Waals surface area contributed by atoms with Crippen molar-refractivity contribution < 1.29 is 23.7 Å². The van der Waals surface area contributed by atoms with Crippen LogP contribution in [0.2, 0.25) is 5.02 Å². The highest BCUT2D eigenvalue weighted by Gasteiger charge is 2.39. The average molecular weight is 343 g/mol. The van der Waals surface area contributed by atoms with Crippen molar-refractivity contribution >= 4 is 40.4 Å². The van der Waals surface area contributed by atoms with Gasteiger partial charge in [-0.05, 0) is 30.3 Å². The topological polar surface area (TPSA) is 89.7 Å². The van der Waals surface area contributed by atoms with Gasteiger partial charge in [0.2, 0.25) is 5.69 Å². The molecule has 4 rings (SSSR count). The highest BCUT2D eigenvalue weighted by molar-refractivity contribution is 6.31. The van der Waals surface area contributed by atoms with Gasteiger partial charge >= 0.3 is 5.97 Å². The quantitative estimate of drug-likeness (QED) is 0.665. The third kappa shape index (κ3) is 2.06. The maximum atomic E-state index is 12.3. The van der Waals surface area contributed by atoms with Crippen LogP contribution >= 0.6 is 11.6 Å². The fraction of sp³-hybridized carbons (Fsp3) is 0. The number of hydrogen-bond donors (Lipinski definition) is 0. The van der Waals surface area contributed by atoms with E-state index < -0.39 is 17.8 Å². The van der Waals surface area contributed by atoms with Gasteiger partial charge in [-0.25, -0.2) is 4.79 Å². The molecule has 2 heterocycles. The first-order chi connectivity index (χ1) is 11.6. The van der Waals surface area contributed by atoms with Crippen molar-refractivity contribution in [1.29, 1.82) is 0 Å². The van der Waals surface area contributed by atoms with Gasteiger partial charge in [-0.3, -0.25) is 9.59 Å². The maximum absolute atomic E-state index is 12.3. The van der Waals surface area contributed by atoms with E-state index in [4.69, 9.17) is 21.0 Å². The zero-order chi connectivity index (χ0) is 16.8. The molecule has 0 unspecified atom stereocenters. The number of benzene rings is 2. The van der Waals surface area contributed by atoms with E-state index >= 15 is 0 Å². The number of rotatable bonds is 2. The molecule has 2 aromatic carbocycles. The largest absolute Gasteiger partial charge is 0.386 e. The van der Waals surface area contributed by atoms with Crippen LogP contribution in [0.5, 0.6) is 0 Å². The Labute approximate surface area is 139 Å². The molecular formula is C16H7ClN2O5. The summed E-state index contributed by atoms with van der Waals surface area (Å²) in [6, 6.07) is 10.8. The van der Waals surface area contributed by atoms with E-state index in [1.54, 1.807) is 24.3 Å². The van der Waals surface area contributed by atoms with Crippen molar-refractivity contribution in [3.05, 3.63) is 64.3 Å². The fourth-order valence-corrected chi connectivity index (χ4v) is 2.61. The number of imide groups is 1. The summed E-state index contributed by atoms with van der Waals surface area (Å²) in [5, 5.41) is 4.73. The molecule has 1 aliphatic rings. The zero-order valence-corrected chi connectivity index (χ0v) is 12.6. The molecule has 1 aliphatic heterocycles. The van der Waals surface area contributed by atoms with Crippen LogP contribution in [0.4, 0.5) is 0 Å². The van der Waals surface area contributed by atoms with Crippen molar-refractivity contribution in [2.75, 3.05) is 0 Å². The molecule has 0 saturated carbocycles. The van der Waals surface area contributed by atoms with Gasteiger partial charge in [-0.2, -0.15) is 0 Å². The number of carbonyl (C=O) groups excluding carboxylic acids is 3. The lowest BCUT2D eigenvalue weighted by atomic mass is 10.1. The molecule has 0 bridgehead atoms. The minimum Gasteiger partial charge on any atom is -0.355 e. The molecule has 2 amide bonds. The second-order valence-electron chi connectivity index (χ2n) is 5.00. The molecule has 1 aromatic heterocycles. The van der Waals surface area contributed by atoms with Gasteiger partial charge in [0.15, 0.2) is 5.58 Å². The summed E-state index contributed by atoms with van der Waals surface area (Å²) in [6.45, 7) is 0. The molecule has 0 spiro atoms. The molecule has 0 N–H and O–H groups in total. The third-order valence-electron chi connectivity index (χ3n) is 3.56. The lowest BCUT2D eigenvalue weighted by Gasteiger charge is -2.11. The number of fused-ring (bicyclic) bond motifs is 2. The summed E-state index contributed by atoms with van der Waals surface area (Å²) in [5.41, 5.74) is 0.490. The van der Waals surface area contributed by atoms with Gasteiger partial charge in [0.05, 0.1) is 16.5 Å². The van der Waals surface area contributed by atoms with Crippen LogP contribution < -0.4 is 0 Å². The molecule has 24 heavy (non-hydrogen) atoms. The van der Waals surface area contributed by atoms with Crippen LogP contribution in [0.25, 0.3) is 11.0 Å². The Morgan fingerprint density at radius 2 is 1.75 bits per heavy atom. The first kappa shape index (κ1) is 14.4. The van der Waals surface area contributed by atoms with E-state index in [0.717, 1.165) is 0 Å². The maximum Gasteiger partial charge on any atom is 0.386 e. The predicted molar refractivity (Wildman–Crippen MR) is 81.4 cm³/mol. The molecule has 7 nitrogen and oxygen atoms in total. The smallest absolute Gasteiger partial charge is 0.355 e. The van der Waals surface area contributed by atoms with E-state index in [1.807, 2.05) is 0 Å². The minimum atomic E-state index is -0.995. The zero-order valence-electron chi connectivity index (χ0n) is 11.9. The summed E-state index contributed by atoms with van der Waals surface area (Å²) in [5.74, 6) is -2.42. The Kier molecular flexibility index (Phi) is 3.10. The number of hydrogen-bond acceptors (Lipinski definition) is 6. The molecule has 0 radical (unpaired) electrons. The third-order valence-corrected chi connectivity index (χ3v) is 3.79. The van der Waals surface area contributed by atoms with Crippen molar-refractivity contribution in [3.8, 4) is 0 Å². The van der Waals surface area contributed by atoms with E-state index in [2.05, 4.69) is 5.16 Å². The van der Waals surface area contributed by atoms with E-state index in [-0.39, 0.29) is 16.8 Å². The lowest BCUT2D eigenvalue weighted by molar-refractivity contribution is -0.0589. The number of halogens is 1. The van der Waals surface area contributed by atoms with Gasteiger partial charge in [0.25, 0.3) is 11.8 Å². The number of nitrogens with zero attached hydrogens (tertiary/aromatic N) is 2. The highest BCUT2D eigenvalue weighted by Crippen LogP contribution is 2.26. The number of hydroxylamine groups is 2. The van der Waals surface area contributed by atoms with Crippen molar-refractivity contribution in [1.82, 2.24) is 10.2 Å². The molecule has 3 aromatic rings. The normalized spacial score (nSPS) is 13.5. The SMILES string of the molecule is O=C(ON1C(=O)c2ccccc2C1=O)c1noc2ccc(Cl)cc12. The molecule has 0 fully saturated rings. The van der Waals surface area contributed by atoms with E-state index in [9.17, 15) is 14.4 Å². The first-order valence-electron chi connectivity index (χ1n) is 6.81. The monoisotopic (exact) mass is 342 g/mol. The molecule has 0 atom stereocenters. The minimum absolute atomic E-state index is 0.170. The van der Waals surface area contributed by atoms with Crippen LogP contribution in [0.15, 0.2) is 47.0 Å². The standard InChI is InChI=1S/C16H7ClN2O5/c17-8-5-6-12-11(7-8)13(18-23-12)16(22)24-19-14(20)9-3-1-2-4-10(9)15(19)21/h1-7H. The molecular weight excluding hydrogens is 336 g/mol. The molecule has 0 saturated heterocycles. The predicted octanol–water partition coefficient (Wildman–Crippen LogP) is 2.85. The summed E-state index contributed by atoms with van der Waals surface area (Å²) >= 11 is 5.89. The highest BCUT2D eigenvalue weighted by atomic mass is 35.5. The Morgan fingerprint density at radius 1 is 1.08 bits per heavy atom. The number of aromatic nitrogens is 1. The number of amides is 2. The van der Waals surface area contributed by atoms with Crippen molar-refractivity contribution in [2.45, 2.75) is 0 Å². The molecule has 8 heteroatoms. The average Bonchev–Trinajstić information content (AvgIpc) is 3.10. The Bertz CT molecular complexity index is 991. The summed E-state index contributed by atoms with van der Waals surface area (Å²) in [4.78, 5) is 41.6. The summed E-state index contributed by atoms with van der Waals surface area (Å²) in [6.07, 6.45) is 0. The van der Waals surface area contributed by atoms with Gasteiger partial charge in [0.1, 0.15) is 0 Å². The lowest BCUT2D eigenvalue weighted by Crippen LogP contribution is -2.32. The molecule has 0 aliphatic carbocycles. The van der Waals surface area contributed by atoms with Crippen LogP contribution in [-0.4, -0.2) is 28.0 Å². The van der Waals surface area contributed by atoms with E-state index in [1.165, 1.54) is 18.2 Å². The Balaban J connectivity index is 1.66. The van der Waals surface area contributed by atoms with Gasteiger partial charge < -0.3 is 9.36 Å². The Hall–Kier alpha value is -3.19. The van der Waals surface area contributed by atoms with Crippen LogP contribution in [0.1, 0.15) is 31.2 Å². The van der Waals surface area contributed by atoms with Crippen molar-refractivity contribution in [3.63, 3.8) is 0 Å². The number of carbonyl (C=O) groups is 3. The van der Waals surface area contributed by atoms with Gasteiger partial charge in [-0.15, -0.1) is 0 Å². The van der Waals surface area contributed by atoms with Gasteiger partial charge in [0, 0.05) is 5.02 Å². The first-order valence-corrected chi connectivity index (χ1v) is 7.19. The van der Waals surface area contributed by atoms with Crippen LogP contribution in [0, 0.1) is 0 Å². The second-order valence-corrected chi connectivity index (χ2v) is 5.44. The fourth-order valence-electron chi connectivity index (χ4n) is 2.43. The van der Waals surface area contributed by atoms with Crippen LogP contribution in [-0.2, 0) is 4.84 Å². The van der Waals surface area contributed by atoms with Crippen LogP contribution in [0.3, 0.4) is 0 Å². The molecule has 118 valence electrons. The van der Waals surface area contributed by atoms with Gasteiger partial charge in [-0.1, -0.05) is 34.0 Å². The summed E-state index contributed by atoms with van der Waals surface area (Å²) < 4.78 is 5.01.